The summed E-state index contributed by atoms with van der Waals surface area (Å²) in [4.78, 5) is 0. The van der Waals surface area contributed by atoms with E-state index in [-0.39, 0.29) is 0 Å². The smallest absolute Gasteiger partial charge is 0.000370 e. The molecule has 72 heavy (non-hydrogen) atoms. The molecule has 55 aliphatic carbocycles. The summed E-state index contributed by atoms with van der Waals surface area (Å²) in [6, 6.07) is 0. The Morgan fingerprint density at radius 1 is 0.125 bits per heavy atom. The highest BCUT2D eigenvalue weighted by Crippen LogP contribution is 3.80. The Kier molecular flexibility index (Phi) is 1.03. The van der Waals surface area contributed by atoms with Gasteiger partial charge >= 0.3 is 0 Å². The van der Waals surface area contributed by atoms with Gasteiger partial charge in [-0.2, -0.15) is 0 Å². The zero-order valence-electron chi connectivity index (χ0n) is 39.0. The van der Waals surface area contributed by atoms with Crippen molar-refractivity contribution >= 4 is 0 Å². The highest BCUT2D eigenvalue weighted by molar-refractivity contribution is 6.23. The van der Waals surface area contributed by atoms with Crippen molar-refractivity contribution in [2.24, 2.45) is 382 Å². The van der Waals surface area contributed by atoms with E-state index in [1.807, 2.05) is 25.7 Å². The van der Waals surface area contributed by atoms with E-state index in [4.69, 9.17) is 0 Å². The van der Waals surface area contributed by atoms with Crippen LogP contribution in [0.15, 0.2) is 0 Å². The molecular weight excluding hydrogens is 865 g/mol. The minimum atomic E-state index is 1.11. The number of hydrogen-bond donors (Lipinski definition) is 0. The molecule has 64 unspecified atom stereocenters. The summed E-state index contributed by atoms with van der Waals surface area (Å²) in [6.45, 7) is 0. The number of rotatable bonds is 0. The van der Waals surface area contributed by atoms with Gasteiger partial charge in [0.1, 0.15) is 0 Å². The van der Waals surface area contributed by atoms with Crippen molar-refractivity contribution in [1.82, 2.24) is 0 Å². The average molecular weight is 901 g/mol. The quantitative estimate of drug-likeness (QED) is 0.322. The minimum absolute atomic E-state index is 1.11. The van der Waals surface area contributed by atoms with Crippen LogP contribution < -0.4 is 0 Å². The summed E-state index contributed by atoms with van der Waals surface area (Å²) in [5.41, 5.74) is 45.8. The van der Waals surface area contributed by atoms with E-state index in [1.54, 1.807) is 0 Å². The van der Waals surface area contributed by atoms with Crippen LogP contribution in [0.5, 0.6) is 0 Å². The molecule has 55 aliphatic rings. The van der Waals surface area contributed by atoms with Gasteiger partial charge < -0.3 is 0 Å². The van der Waals surface area contributed by atoms with Gasteiger partial charge in [0.25, 0.3) is 0 Å². The zero-order valence-corrected chi connectivity index (χ0v) is 39.0. The van der Waals surface area contributed by atoms with Crippen molar-refractivity contribution in [3.63, 3.8) is 0 Å². The Bertz CT molecular complexity index is 4810. The molecule has 0 nitrogen and oxygen atoms in total. The van der Waals surface area contributed by atoms with E-state index in [0.29, 0.717) is 0 Å². The van der Waals surface area contributed by atoms with Crippen molar-refractivity contribution < 1.29 is 0 Å². The molecule has 0 bridgehead atoms. The minimum Gasteiger partial charge on any atom is -0.0458 e. The lowest BCUT2D eigenvalue weighted by Crippen LogP contribution is -3.74. The molecule has 64 atom stereocenters. The Hall–Kier alpha value is 0. The topological polar surface area (TPSA) is 0 Å². The van der Waals surface area contributed by atoms with Crippen LogP contribution in [0.1, 0.15) is 25.7 Å². The maximum Gasteiger partial charge on any atom is -0.000370 e. The van der Waals surface area contributed by atoms with Crippen molar-refractivity contribution in [3.05, 3.63) is 0 Å². The largest absolute Gasteiger partial charge is 0.0458 e. The number of hydrogen-bond acceptors (Lipinski definition) is 0. The zero-order chi connectivity index (χ0) is 39.0. The van der Waals surface area contributed by atoms with Crippen LogP contribution >= 0.6 is 0 Å². The molecule has 0 aromatic heterocycles. The second-order valence-electron chi connectivity index (χ2n) is 47.9. The number of fused-ring (bicyclic) bond motifs is 24. The van der Waals surface area contributed by atoms with Crippen LogP contribution in [-0.2, 0) is 0 Å². The lowest BCUT2D eigenvalue weighted by Gasteiger charge is -3.75. The van der Waals surface area contributed by atoms with Gasteiger partial charge in [0.15, 0.2) is 0 Å². The first-order valence-electron chi connectivity index (χ1n) is 35.8. The summed E-state index contributed by atoms with van der Waals surface area (Å²) in [6.07, 6.45) is 7.55. The summed E-state index contributed by atoms with van der Waals surface area (Å²) in [5, 5.41) is 0. The first kappa shape index (κ1) is 22.9. The molecular formula is C72H36. The molecule has 55 saturated carbocycles. The van der Waals surface area contributed by atoms with Gasteiger partial charge in [-0.3, -0.25) is 0 Å². The average Bonchev–Trinajstić information content (AvgIpc) is 0.425. The van der Waals surface area contributed by atoms with E-state index >= 15 is 0 Å². The van der Waals surface area contributed by atoms with E-state index < -0.39 is 0 Å². The molecule has 0 radical (unpaired) electrons. The van der Waals surface area contributed by atoms with Gasteiger partial charge in [-0.1, -0.05) is 0 Å². The predicted octanol–water partition coefficient (Wildman–Crippen LogP) is 5.00. The van der Waals surface area contributed by atoms with Crippen LogP contribution in [-0.4, -0.2) is 0 Å². The van der Waals surface area contributed by atoms with Crippen LogP contribution in [0.25, 0.3) is 0 Å². The van der Waals surface area contributed by atoms with E-state index in [0.717, 1.165) is 195 Å². The van der Waals surface area contributed by atoms with Crippen molar-refractivity contribution in [2.45, 2.75) is 25.7 Å². The van der Waals surface area contributed by atoms with Gasteiger partial charge in [-0.15, -0.1) is 0 Å². The summed E-state index contributed by atoms with van der Waals surface area (Å²) in [5.74, 6) is 40.0. The van der Waals surface area contributed by atoms with E-state index in [2.05, 4.69) is 0 Å². The Balaban J connectivity index is 0.696. The monoisotopic (exact) mass is 900 g/mol. The molecule has 0 heteroatoms. The van der Waals surface area contributed by atoms with Crippen LogP contribution in [0.2, 0.25) is 0 Å². The standard InChI is InChI=1S/C72H36/c1-5-13-14-6-2-10-18-22-27-31-32-28-24-20-12-4-8-16-15-7-3-11-19-23-26-30-29-25-21-17-9(1)33(5)37(13)38(14)34(6,10)42(18)46(22)51(27)55(31)56(32)52(28)48(24)44(20)36(8,12)40(16)39(15)35(7,11)43(19)47(23)50(26)54(30)53(29)49(25)45(21)41(17,33)57(37)58(38,42)62(46)61(45,57)65(49)66(51,62)71(55)69(53,65)70(54)67(50)63(47)59(39,43)60(40,44)64(48,63)68(52,67)72(56,70)71/h5-32H,1-4H2. The Labute approximate surface area is 405 Å². The fraction of sp³-hybridized carbons (Fsp3) is 1.00. The molecule has 55 fully saturated rings. The molecule has 0 N–H and O–H groups in total. The van der Waals surface area contributed by atoms with E-state index in [1.165, 1.54) is 187 Å². The van der Waals surface area contributed by atoms with Crippen molar-refractivity contribution in [2.75, 3.05) is 0 Å². The molecule has 324 valence electrons. The first-order valence-corrected chi connectivity index (χ1v) is 35.8. The third kappa shape index (κ3) is 0.436. The van der Waals surface area contributed by atoms with Gasteiger partial charge in [0.05, 0.1) is 0 Å². The fourth-order valence-electron chi connectivity index (χ4n) is 85.9. The molecule has 0 saturated heterocycles. The van der Waals surface area contributed by atoms with Crippen LogP contribution in [0, 0.1) is 382 Å². The third-order valence-corrected chi connectivity index (χ3v) is 65.7. The lowest BCUT2D eigenvalue weighted by molar-refractivity contribution is -1.31. The maximum atomic E-state index is 1.89. The maximum absolute atomic E-state index is 1.89. The van der Waals surface area contributed by atoms with Gasteiger partial charge in [-0.05, 0) is 408 Å². The SMILES string of the molecule is C1C2C3C4C5CC6C7C8C9C%10C%11C%12C%13C%14C%15CC%16C%17C%18C%19CC%20C%21C%22C%23C%24C%25C%26C%27C%28C1C21C32C43C56C74C85C96C%107C%118C%129C%13%10C%14%11C%16%15C%17%12C%18%13C%19%20C%21%14C%22%15C%23%16C%24%17C%25%18C%26%19C%27%20C%281C21C34C52C%201C%191C62C72C%181C%171C%163C%154C%13%14C%12%11C%104C93C812. The Morgan fingerprint density at radius 3 is 0.444 bits per heavy atom. The molecule has 55 rings (SSSR count). The van der Waals surface area contributed by atoms with Crippen LogP contribution in [0.3, 0.4) is 0 Å². The molecule has 40 spiro atoms. The Morgan fingerprint density at radius 2 is 0.250 bits per heavy atom. The predicted molar refractivity (Wildman–Crippen MR) is 214 cm³/mol. The summed E-state index contributed by atoms with van der Waals surface area (Å²) in [7, 11) is 0. The van der Waals surface area contributed by atoms with Gasteiger partial charge in [0, 0.05) is 0 Å². The highest BCUT2D eigenvalue weighted by Gasteiger charge is 3.79. The first-order chi connectivity index (χ1) is 35.8. The lowest BCUT2D eigenvalue weighted by atomic mass is 8.27. The second-order valence-corrected chi connectivity index (χ2v) is 47.9. The van der Waals surface area contributed by atoms with Gasteiger partial charge in [0.2, 0.25) is 0 Å². The van der Waals surface area contributed by atoms with Crippen molar-refractivity contribution in [3.8, 4) is 0 Å². The molecule has 0 aromatic carbocycles. The summed E-state index contributed by atoms with van der Waals surface area (Å²) < 4.78 is 0. The summed E-state index contributed by atoms with van der Waals surface area (Å²) >= 11 is 0. The van der Waals surface area contributed by atoms with Crippen molar-refractivity contribution in [1.29, 1.82) is 0 Å². The molecule has 0 aromatic rings. The highest BCUT2D eigenvalue weighted by atomic mass is 15.8. The fourth-order valence-corrected chi connectivity index (χ4v) is 85.9. The van der Waals surface area contributed by atoms with Crippen LogP contribution in [0.4, 0.5) is 0 Å². The van der Waals surface area contributed by atoms with E-state index in [9.17, 15) is 0 Å². The molecule has 0 aliphatic heterocycles. The van der Waals surface area contributed by atoms with Gasteiger partial charge in [-0.25, -0.2) is 0 Å². The molecule has 0 amide bonds. The second kappa shape index (κ2) is 3.23. The third-order valence-electron chi connectivity index (χ3n) is 65.7. The molecule has 0 heterocycles. The normalized spacial score (nSPS) is 150.